The number of urea groups is 1. The molecule has 28 heavy (non-hydrogen) atoms. The van der Waals surface area contributed by atoms with E-state index in [1.165, 1.54) is 11.8 Å². The maximum absolute atomic E-state index is 12.8. The van der Waals surface area contributed by atoms with E-state index in [4.69, 9.17) is 5.73 Å². The molecule has 3 atom stereocenters. The van der Waals surface area contributed by atoms with Crippen LogP contribution in [0.2, 0.25) is 0 Å². The van der Waals surface area contributed by atoms with E-state index in [0.29, 0.717) is 19.4 Å². The maximum atomic E-state index is 12.8. The first-order valence-corrected chi connectivity index (χ1v) is 10.3. The average molecular weight is 396 g/mol. The van der Waals surface area contributed by atoms with Crippen LogP contribution in [0.5, 0.6) is 0 Å². The molecule has 2 rings (SSSR count). The Kier molecular flexibility index (Phi) is 8.27. The standard InChI is InChI=1S/C18H33BN4O5/c1-3-22(18(26)23-11-7-10-14(23)19(27)28)17(25)12(2)21-16(24)15(20)13-8-5-4-6-9-13/h12-15,27-28H,3-11,20H2,1-2H3,(H,21,24). The van der Waals surface area contributed by atoms with Gasteiger partial charge < -0.3 is 26.0 Å². The Labute approximate surface area is 166 Å². The maximum Gasteiger partial charge on any atom is 0.475 e. The number of nitrogens with zero attached hydrogens (tertiary/aromatic N) is 2. The number of likely N-dealkylation sites (tertiary alicyclic amines) is 1. The number of likely N-dealkylation sites (N-methyl/N-ethyl adjacent to an activating group) is 1. The fourth-order valence-electron chi connectivity index (χ4n) is 4.19. The number of hydrogen-bond donors (Lipinski definition) is 4. The third-order valence-corrected chi connectivity index (χ3v) is 5.89. The predicted octanol–water partition coefficient (Wildman–Crippen LogP) is -0.156. The van der Waals surface area contributed by atoms with Crippen LogP contribution in [-0.2, 0) is 9.59 Å². The predicted molar refractivity (Wildman–Crippen MR) is 105 cm³/mol. The monoisotopic (exact) mass is 396 g/mol. The molecule has 1 saturated carbocycles. The van der Waals surface area contributed by atoms with Gasteiger partial charge in [-0.1, -0.05) is 19.3 Å². The van der Waals surface area contributed by atoms with Crippen molar-refractivity contribution in [2.75, 3.05) is 13.1 Å². The molecule has 0 aromatic carbocycles. The Morgan fingerprint density at radius 2 is 1.82 bits per heavy atom. The molecule has 1 aliphatic carbocycles. The molecular formula is C18H33BN4O5. The molecule has 158 valence electrons. The molecule has 0 bridgehead atoms. The van der Waals surface area contributed by atoms with Gasteiger partial charge in [0.2, 0.25) is 5.91 Å². The van der Waals surface area contributed by atoms with Crippen molar-refractivity contribution in [1.82, 2.24) is 15.1 Å². The van der Waals surface area contributed by atoms with Crippen LogP contribution in [0.15, 0.2) is 0 Å². The van der Waals surface area contributed by atoms with E-state index in [0.717, 1.165) is 37.0 Å². The quantitative estimate of drug-likeness (QED) is 0.461. The van der Waals surface area contributed by atoms with Crippen LogP contribution in [0.1, 0.15) is 58.8 Å². The first kappa shape index (κ1) is 22.6. The van der Waals surface area contributed by atoms with Crippen molar-refractivity contribution < 1.29 is 24.4 Å². The lowest BCUT2D eigenvalue weighted by molar-refractivity contribution is -0.134. The molecule has 1 saturated heterocycles. The molecule has 5 N–H and O–H groups in total. The van der Waals surface area contributed by atoms with E-state index in [-0.39, 0.29) is 18.4 Å². The smallest absolute Gasteiger partial charge is 0.426 e. The third-order valence-electron chi connectivity index (χ3n) is 5.89. The second-order valence-corrected chi connectivity index (χ2v) is 7.84. The highest BCUT2D eigenvalue weighted by Crippen LogP contribution is 2.26. The van der Waals surface area contributed by atoms with Gasteiger partial charge in [-0.3, -0.25) is 14.5 Å². The number of amides is 4. The van der Waals surface area contributed by atoms with Gasteiger partial charge in [-0.05, 0) is 45.4 Å². The van der Waals surface area contributed by atoms with Crippen molar-refractivity contribution >= 4 is 25.0 Å². The van der Waals surface area contributed by atoms with Crippen LogP contribution in [-0.4, -0.2) is 75.9 Å². The lowest BCUT2D eigenvalue weighted by Crippen LogP contribution is -2.57. The molecule has 4 amide bonds. The highest BCUT2D eigenvalue weighted by atomic mass is 16.4. The van der Waals surface area contributed by atoms with Gasteiger partial charge in [0.1, 0.15) is 6.04 Å². The lowest BCUT2D eigenvalue weighted by Gasteiger charge is -2.32. The van der Waals surface area contributed by atoms with Gasteiger partial charge in [-0.15, -0.1) is 0 Å². The minimum absolute atomic E-state index is 0.122. The van der Waals surface area contributed by atoms with Crippen LogP contribution in [0.3, 0.4) is 0 Å². The van der Waals surface area contributed by atoms with Gasteiger partial charge in [-0.2, -0.15) is 0 Å². The summed E-state index contributed by atoms with van der Waals surface area (Å²) in [6, 6.07) is -2.12. The van der Waals surface area contributed by atoms with Crippen LogP contribution in [0, 0.1) is 5.92 Å². The van der Waals surface area contributed by atoms with Crippen molar-refractivity contribution in [3.63, 3.8) is 0 Å². The van der Waals surface area contributed by atoms with E-state index in [1.807, 2.05) is 0 Å². The normalized spacial score (nSPS) is 22.5. The van der Waals surface area contributed by atoms with E-state index in [9.17, 15) is 24.4 Å². The summed E-state index contributed by atoms with van der Waals surface area (Å²) >= 11 is 0. The van der Waals surface area contributed by atoms with Crippen molar-refractivity contribution in [3.8, 4) is 0 Å². The summed E-state index contributed by atoms with van der Waals surface area (Å²) in [4.78, 5) is 40.4. The molecule has 3 unspecified atom stereocenters. The number of nitrogens with two attached hydrogens (primary N) is 1. The summed E-state index contributed by atoms with van der Waals surface area (Å²) in [5.74, 6) is -1.51. The number of carbonyl (C=O) groups is 3. The van der Waals surface area contributed by atoms with E-state index < -0.39 is 37.1 Å². The lowest BCUT2D eigenvalue weighted by atomic mass is 9.78. The summed E-state index contributed by atoms with van der Waals surface area (Å²) < 4.78 is 0. The Balaban J connectivity index is 1.97. The highest BCUT2D eigenvalue weighted by Gasteiger charge is 2.40. The van der Waals surface area contributed by atoms with Crippen LogP contribution < -0.4 is 11.1 Å². The summed E-state index contributed by atoms with van der Waals surface area (Å²) in [6.07, 6.45) is 6.22. The first-order valence-electron chi connectivity index (χ1n) is 10.3. The average Bonchev–Trinajstić information content (AvgIpc) is 3.18. The second kappa shape index (κ2) is 10.2. The van der Waals surface area contributed by atoms with Crippen LogP contribution in [0.25, 0.3) is 0 Å². The summed E-state index contributed by atoms with van der Waals surface area (Å²) in [5, 5.41) is 21.6. The minimum atomic E-state index is -1.65. The van der Waals surface area contributed by atoms with Crippen molar-refractivity contribution in [2.45, 2.75) is 76.8 Å². The molecule has 1 aliphatic heterocycles. The summed E-state index contributed by atoms with van der Waals surface area (Å²) in [7, 11) is -1.65. The zero-order valence-corrected chi connectivity index (χ0v) is 16.8. The molecule has 10 heteroatoms. The van der Waals surface area contributed by atoms with Crippen molar-refractivity contribution in [3.05, 3.63) is 0 Å². The van der Waals surface area contributed by atoms with Gasteiger partial charge >= 0.3 is 13.1 Å². The largest absolute Gasteiger partial charge is 0.475 e. The van der Waals surface area contributed by atoms with Gasteiger partial charge in [0.25, 0.3) is 5.91 Å². The topological polar surface area (TPSA) is 136 Å². The Bertz CT molecular complexity index is 570. The number of hydrogen-bond acceptors (Lipinski definition) is 6. The molecule has 1 heterocycles. The van der Waals surface area contributed by atoms with Crippen molar-refractivity contribution in [2.24, 2.45) is 11.7 Å². The highest BCUT2D eigenvalue weighted by molar-refractivity contribution is 6.43. The summed E-state index contributed by atoms with van der Waals surface area (Å²) in [5.41, 5.74) is 6.09. The fourth-order valence-corrected chi connectivity index (χ4v) is 4.19. The van der Waals surface area contributed by atoms with Gasteiger partial charge in [0.15, 0.2) is 0 Å². The molecule has 9 nitrogen and oxygen atoms in total. The van der Waals surface area contributed by atoms with Gasteiger partial charge in [0.05, 0.1) is 12.0 Å². The van der Waals surface area contributed by atoms with Crippen LogP contribution >= 0.6 is 0 Å². The van der Waals surface area contributed by atoms with Gasteiger partial charge in [0, 0.05) is 13.1 Å². The number of nitrogens with one attached hydrogen (secondary N) is 1. The van der Waals surface area contributed by atoms with Crippen molar-refractivity contribution in [1.29, 1.82) is 0 Å². The summed E-state index contributed by atoms with van der Waals surface area (Å²) in [6.45, 7) is 3.68. The fraction of sp³-hybridized carbons (Fsp3) is 0.833. The van der Waals surface area contributed by atoms with E-state index in [1.54, 1.807) is 6.92 Å². The van der Waals surface area contributed by atoms with E-state index in [2.05, 4.69) is 5.32 Å². The zero-order chi connectivity index (χ0) is 20.8. The number of rotatable bonds is 6. The Morgan fingerprint density at radius 3 is 2.39 bits per heavy atom. The molecule has 0 radical (unpaired) electrons. The Morgan fingerprint density at radius 1 is 1.18 bits per heavy atom. The number of carbonyl (C=O) groups excluding carboxylic acids is 3. The van der Waals surface area contributed by atoms with Crippen LogP contribution in [0.4, 0.5) is 4.79 Å². The Hall–Kier alpha value is -1.65. The molecule has 0 spiro atoms. The minimum Gasteiger partial charge on any atom is -0.426 e. The molecule has 0 aromatic rings. The van der Waals surface area contributed by atoms with Gasteiger partial charge in [-0.25, -0.2) is 4.79 Å². The van der Waals surface area contributed by atoms with E-state index >= 15 is 0 Å². The first-order chi connectivity index (χ1) is 13.3. The molecule has 0 aromatic heterocycles. The second-order valence-electron chi connectivity index (χ2n) is 7.84. The molecule has 2 fully saturated rings. The number of imide groups is 1. The zero-order valence-electron chi connectivity index (χ0n) is 16.8. The molecular weight excluding hydrogens is 363 g/mol. The molecule has 2 aliphatic rings. The third kappa shape index (κ3) is 5.24. The SMILES string of the molecule is CCN(C(=O)C(C)NC(=O)C(N)C1CCCCC1)C(=O)N1CCCC1B(O)O.